The Balaban J connectivity index is 1.80. The van der Waals surface area contributed by atoms with Crippen LogP contribution in [0.25, 0.3) is 11.4 Å². The third kappa shape index (κ3) is 2.33. The van der Waals surface area contributed by atoms with Crippen LogP contribution in [0.1, 0.15) is 18.7 Å². The Labute approximate surface area is 109 Å². The lowest BCUT2D eigenvalue weighted by atomic mass is 10.2. The maximum absolute atomic E-state index is 13.6. The number of rotatable bonds is 3. The lowest BCUT2D eigenvalue weighted by molar-refractivity contribution is -0.128. The summed E-state index contributed by atoms with van der Waals surface area (Å²) in [4.78, 5) is 17.3. The smallest absolute Gasteiger partial charge is 0.246 e. The Hall–Kier alpha value is -2.24. The van der Waals surface area contributed by atoms with Crippen molar-refractivity contribution in [3.63, 3.8) is 0 Å². The summed E-state index contributed by atoms with van der Waals surface area (Å²) < 4.78 is 18.6. The molecule has 1 aliphatic rings. The Morgan fingerprint density at radius 3 is 2.95 bits per heavy atom. The van der Waals surface area contributed by atoms with E-state index >= 15 is 0 Å². The second-order valence-corrected chi connectivity index (χ2v) is 4.41. The Morgan fingerprint density at radius 1 is 1.37 bits per heavy atom. The van der Waals surface area contributed by atoms with Gasteiger partial charge in [-0.25, -0.2) is 4.39 Å². The van der Waals surface area contributed by atoms with Gasteiger partial charge in [0.05, 0.1) is 12.1 Å². The highest BCUT2D eigenvalue weighted by molar-refractivity contribution is 5.77. The number of hydrogen-bond acceptors (Lipinski definition) is 4. The number of nitrogens with zero attached hydrogens (tertiary/aromatic N) is 3. The summed E-state index contributed by atoms with van der Waals surface area (Å²) in [7, 11) is 0. The van der Waals surface area contributed by atoms with Gasteiger partial charge in [0.1, 0.15) is 5.82 Å². The summed E-state index contributed by atoms with van der Waals surface area (Å²) in [5.74, 6) is 0.228. The zero-order valence-electron chi connectivity index (χ0n) is 10.2. The van der Waals surface area contributed by atoms with Gasteiger partial charge in [-0.1, -0.05) is 17.3 Å². The van der Waals surface area contributed by atoms with E-state index in [1.807, 2.05) is 0 Å². The van der Waals surface area contributed by atoms with Gasteiger partial charge in [0.25, 0.3) is 0 Å². The first-order valence-electron chi connectivity index (χ1n) is 6.09. The number of benzene rings is 1. The van der Waals surface area contributed by atoms with Crippen molar-refractivity contribution in [3.05, 3.63) is 36.0 Å². The maximum atomic E-state index is 13.6. The average Bonchev–Trinajstić information content (AvgIpc) is 3.01. The minimum Gasteiger partial charge on any atom is -0.337 e. The molecule has 2 aromatic rings. The molecule has 1 aromatic heterocycles. The molecule has 0 unspecified atom stereocenters. The van der Waals surface area contributed by atoms with Crippen LogP contribution in [-0.2, 0) is 11.3 Å². The van der Waals surface area contributed by atoms with Gasteiger partial charge in [0, 0.05) is 13.0 Å². The zero-order valence-corrected chi connectivity index (χ0v) is 10.2. The molecular weight excluding hydrogens is 249 g/mol. The van der Waals surface area contributed by atoms with Gasteiger partial charge >= 0.3 is 0 Å². The lowest BCUT2D eigenvalue weighted by Gasteiger charge is -2.11. The molecule has 0 bridgehead atoms. The molecule has 6 heteroatoms. The van der Waals surface area contributed by atoms with Crippen LogP contribution < -0.4 is 0 Å². The Morgan fingerprint density at radius 2 is 2.21 bits per heavy atom. The average molecular weight is 261 g/mol. The third-order valence-electron chi connectivity index (χ3n) is 3.08. The van der Waals surface area contributed by atoms with Gasteiger partial charge in [0.2, 0.25) is 17.6 Å². The first-order valence-corrected chi connectivity index (χ1v) is 6.09. The minimum atomic E-state index is -0.396. The van der Waals surface area contributed by atoms with E-state index in [1.54, 1.807) is 23.1 Å². The molecule has 1 fully saturated rings. The molecule has 1 saturated heterocycles. The van der Waals surface area contributed by atoms with Gasteiger partial charge in [-0.05, 0) is 18.6 Å². The van der Waals surface area contributed by atoms with Crippen LogP contribution in [0.5, 0.6) is 0 Å². The van der Waals surface area contributed by atoms with Gasteiger partial charge in [0.15, 0.2) is 0 Å². The van der Waals surface area contributed by atoms with Crippen molar-refractivity contribution in [3.8, 4) is 11.4 Å². The van der Waals surface area contributed by atoms with E-state index in [1.165, 1.54) is 6.07 Å². The summed E-state index contributed by atoms with van der Waals surface area (Å²) in [6, 6.07) is 6.24. The molecule has 5 nitrogen and oxygen atoms in total. The van der Waals surface area contributed by atoms with E-state index in [2.05, 4.69) is 10.1 Å². The van der Waals surface area contributed by atoms with E-state index in [9.17, 15) is 9.18 Å². The number of carbonyl (C=O) groups excluding carboxylic acids is 1. The summed E-state index contributed by atoms with van der Waals surface area (Å²) in [5, 5.41) is 3.75. The summed E-state index contributed by atoms with van der Waals surface area (Å²) in [5.41, 5.74) is 0.297. The predicted molar refractivity (Wildman–Crippen MR) is 64.3 cm³/mol. The monoisotopic (exact) mass is 261 g/mol. The molecule has 98 valence electrons. The molecule has 0 saturated carbocycles. The molecule has 0 N–H and O–H groups in total. The number of aromatic nitrogens is 2. The number of hydrogen-bond donors (Lipinski definition) is 0. The van der Waals surface area contributed by atoms with Gasteiger partial charge < -0.3 is 9.42 Å². The topological polar surface area (TPSA) is 59.2 Å². The fraction of sp³-hybridized carbons (Fsp3) is 0.308. The normalized spacial score (nSPS) is 15.2. The highest BCUT2D eigenvalue weighted by atomic mass is 19.1. The molecule has 1 amide bonds. The molecule has 19 heavy (non-hydrogen) atoms. The van der Waals surface area contributed by atoms with Crippen LogP contribution >= 0.6 is 0 Å². The van der Waals surface area contributed by atoms with Crippen LogP contribution in [0.4, 0.5) is 4.39 Å². The third-order valence-corrected chi connectivity index (χ3v) is 3.08. The van der Waals surface area contributed by atoms with E-state index in [0.29, 0.717) is 31.0 Å². The largest absolute Gasteiger partial charge is 0.337 e. The second-order valence-electron chi connectivity index (χ2n) is 4.41. The van der Waals surface area contributed by atoms with Gasteiger partial charge in [-0.15, -0.1) is 0 Å². The van der Waals surface area contributed by atoms with E-state index in [-0.39, 0.29) is 11.7 Å². The van der Waals surface area contributed by atoms with Crippen LogP contribution in [0, 0.1) is 5.82 Å². The number of likely N-dealkylation sites (tertiary alicyclic amines) is 1. The molecule has 0 spiro atoms. The second kappa shape index (κ2) is 4.79. The minimum absolute atomic E-state index is 0.0886. The van der Waals surface area contributed by atoms with Crippen LogP contribution in [0.3, 0.4) is 0 Å². The zero-order chi connectivity index (χ0) is 13.2. The first kappa shape index (κ1) is 11.8. The molecule has 0 atom stereocenters. The Kier molecular flexibility index (Phi) is 2.98. The van der Waals surface area contributed by atoms with Crippen LogP contribution in [-0.4, -0.2) is 27.5 Å². The van der Waals surface area contributed by atoms with Crippen molar-refractivity contribution in [1.82, 2.24) is 15.0 Å². The fourth-order valence-electron chi connectivity index (χ4n) is 2.11. The molecule has 1 aliphatic heterocycles. The van der Waals surface area contributed by atoms with Crippen molar-refractivity contribution in [2.45, 2.75) is 19.4 Å². The number of carbonyl (C=O) groups is 1. The summed E-state index contributed by atoms with van der Waals surface area (Å²) in [6.45, 7) is 0.997. The van der Waals surface area contributed by atoms with Crippen molar-refractivity contribution < 1.29 is 13.7 Å². The van der Waals surface area contributed by atoms with Crippen LogP contribution in [0.15, 0.2) is 28.8 Å². The first-order chi connectivity index (χ1) is 9.24. The molecule has 0 aliphatic carbocycles. The molecular formula is C13H12FN3O2. The molecule has 1 aromatic carbocycles. The Bertz CT molecular complexity index is 611. The van der Waals surface area contributed by atoms with E-state index in [0.717, 1.165) is 6.42 Å². The standard InChI is InChI=1S/C13H12FN3O2/c14-10-5-2-1-4-9(10)13-15-11(19-16-13)8-17-7-3-6-12(17)18/h1-2,4-5H,3,6-8H2. The molecule has 2 heterocycles. The summed E-state index contributed by atoms with van der Waals surface area (Å²) in [6.07, 6.45) is 1.42. The molecule has 0 radical (unpaired) electrons. The highest BCUT2D eigenvalue weighted by Gasteiger charge is 2.22. The van der Waals surface area contributed by atoms with Crippen LogP contribution in [0.2, 0.25) is 0 Å². The van der Waals surface area contributed by atoms with E-state index < -0.39 is 5.82 Å². The number of halogens is 1. The highest BCUT2D eigenvalue weighted by Crippen LogP contribution is 2.20. The fourth-order valence-corrected chi connectivity index (χ4v) is 2.11. The van der Waals surface area contributed by atoms with Gasteiger partial charge in [-0.3, -0.25) is 4.79 Å². The quantitative estimate of drug-likeness (QED) is 0.847. The lowest BCUT2D eigenvalue weighted by Crippen LogP contribution is -2.23. The predicted octanol–water partition coefficient (Wildman–Crippen LogP) is 2.00. The SMILES string of the molecule is O=C1CCCN1Cc1nc(-c2ccccc2F)no1. The van der Waals surface area contributed by atoms with Crippen molar-refractivity contribution in [2.75, 3.05) is 6.54 Å². The maximum Gasteiger partial charge on any atom is 0.246 e. The van der Waals surface area contributed by atoms with E-state index in [4.69, 9.17) is 4.52 Å². The molecule has 3 rings (SSSR count). The number of amides is 1. The van der Waals surface area contributed by atoms with Crippen molar-refractivity contribution in [1.29, 1.82) is 0 Å². The van der Waals surface area contributed by atoms with Gasteiger partial charge in [-0.2, -0.15) is 4.98 Å². The van der Waals surface area contributed by atoms with Crippen molar-refractivity contribution in [2.24, 2.45) is 0 Å². The summed E-state index contributed by atoms with van der Waals surface area (Å²) >= 11 is 0. The van der Waals surface area contributed by atoms with Crippen molar-refractivity contribution >= 4 is 5.91 Å².